The lowest BCUT2D eigenvalue weighted by Gasteiger charge is -2.11. The number of carbonyl (C=O) groups excluding carboxylic acids is 1. The first-order chi connectivity index (χ1) is 13.6. The van der Waals surface area contributed by atoms with E-state index in [1.54, 1.807) is 24.3 Å². The van der Waals surface area contributed by atoms with Crippen LogP contribution in [0.25, 0.3) is 0 Å². The fourth-order valence-corrected chi connectivity index (χ4v) is 2.94. The predicted molar refractivity (Wildman–Crippen MR) is 106 cm³/mol. The van der Waals surface area contributed by atoms with Crippen molar-refractivity contribution in [1.29, 1.82) is 0 Å². The van der Waals surface area contributed by atoms with E-state index in [-0.39, 0.29) is 17.8 Å². The summed E-state index contributed by atoms with van der Waals surface area (Å²) in [5.74, 6) is -0.819. The van der Waals surface area contributed by atoms with Crippen LogP contribution in [-0.2, 0) is 12.7 Å². The van der Waals surface area contributed by atoms with E-state index in [0.717, 1.165) is 18.2 Å². The van der Waals surface area contributed by atoms with Crippen LogP contribution in [0.5, 0.6) is 0 Å². The Hall–Kier alpha value is -2.77. The molecule has 0 fully saturated rings. The minimum atomic E-state index is -4.57. The molecular weight excluding hydrogens is 428 g/mol. The number of aromatic nitrogens is 1. The van der Waals surface area contributed by atoms with Gasteiger partial charge in [0.05, 0.1) is 22.2 Å². The number of nitrogens with one attached hydrogen (secondary N) is 1. The first kappa shape index (κ1) is 21.0. The lowest BCUT2D eigenvalue weighted by molar-refractivity contribution is -0.137. The highest BCUT2D eigenvalue weighted by atomic mass is 35.5. The molecule has 0 aliphatic heterocycles. The van der Waals surface area contributed by atoms with Gasteiger partial charge in [0.1, 0.15) is 5.69 Å². The fraction of sp³-hybridized carbons (Fsp3) is 0.100. The molecule has 4 nitrogen and oxygen atoms in total. The van der Waals surface area contributed by atoms with Crippen molar-refractivity contribution in [2.45, 2.75) is 12.7 Å². The SMILES string of the molecule is O=C(Nc1cccn(Cc2ccc(Cl)c(Cl)c2)c1=O)c1cccc(C(F)(F)F)c1. The number of rotatable bonds is 4. The van der Waals surface area contributed by atoms with Crippen LogP contribution in [0.4, 0.5) is 18.9 Å². The fourth-order valence-electron chi connectivity index (χ4n) is 2.62. The molecule has 1 aromatic heterocycles. The highest BCUT2D eigenvalue weighted by molar-refractivity contribution is 6.42. The van der Waals surface area contributed by atoms with Crippen LogP contribution >= 0.6 is 23.2 Å². The molecule has 0 unspecified atom stereocenters. The maximum atomic E-state index is 12.8. The maximum Gasteiger partial charge on any atom is 0.416 e. The quantitative estimate of drug-likeness (QED) is 0.584. The summed E-state index contributed by atoms with van der Waals surface area (Å²) in [5, 5.41) is 3.08. The Morgan fingerprint density at radius 2 is 1.76 bits per heavy atom. The van der Waals surface area contributed by atoms with Gasteiger partial charge in [0.15, 0.2) is 0 Å². The van der Waals surface area contributed by atoms with Gasteiger partial charge in [0, 0.05) is 11.8 Å². The molecule has 0 saturated heterocycles. The van der Waals surface area contributed by atoms with Crippen molar-refractivity contribution < 1.29 is 18.0 Å². The second kappa shape index (κ2) is 8.31. The largest absolute Gasteiger partial charge is 0.416 e. The van der Waals surface area contributed by atoms with E-state index in [1.165, 1.54) is 22.9 Å². The zero-order valence-electron chi connectivity index (χ0n) is 14.6. The van der Waals surface area contributed by atoms with Gasteiger partial charge in [-0.15, -0.1) is 0 Å². The summed E-state index contributed by atoms with van der Waals surface area (Å²) in [6.45, 7) is 0.170. The molecule has 0 aliphatic carbocycles. The third-order valence-corrected chi connectivity index (χ3v) is 4.80. The van der Waals surface area contributed by atoms with Crippen LogP contribution in [0, 0.1) is 0 Å². The smallest absolute Gasteiger partial charge is 0.317 e. The summed E-state index contributed by atoms with van der Waals surface area (Å²) in [6.07, 6.45) is -3.06. The molecule has 1 N–H and O–H groups in total. The van der Waals surface area contributed by atoms with Crippen molar-refractivity contribution >= 4 is 34.8 Å². The lowest BCUT2D eigenvalue weighted by Crippen LogP contribution is -2.26. The lowest BCUT2D eigenvalue weighted by atomic mass is 10.1. The van der Waals surface area contributed by atoms with Crippen LogP contribution < -0.4 is 10.9 Å². The zero-order valence-corrected chi connectivity index (χ0v) is 16.1. The van der Waals surface area contributed by atoms with E-state index >= 15 is 0 Å². The molecular formula is C20H13Cl2F3N2O2. The molecule has 1 amide bonds. The standard InChI is InChI=1S/C20H13Cl2F3N2O2/c21-15-7-6-12(9-16(15)22)11-27-8-2-5-17(19(27)29)26-18(28)13-3-1-4-14(10-13)20(23,24)25/h1-10H,11H2,(H,26,28). The Kier molecular flexibility index (Phi) is 6.00. The number of alkyl halides is 3. The molecule has 29 heavy (non-hydrogen) atoms. The van der Waals surface area contributed by atoms with Crippen LogP contribution in [0.2, 0.25) is 10.0 Å². The number of nitrogens with zero attached hydrogens (tertiary/aromatic N) is 1. The summed E-state index contributed by atoms with van der Waals surface area (Å²) in [7, 11) is 0. The van der Waals surface area contributed by atoms with Crippen molar-refractivity contribution in [3.05, 3.63) is 97.9 Å². The van der Waals surface area contributed by atoms with Gasteiger partial charge in [-0.25, -0.2) is 0 Å². The molecule has 0 saturated carbocycles. The highest BCUT2D eigenvalue weighted by Crippen LogP contribution is 2.29. The van der Waals surface area contributed by atoms with Gasteiger partial charge >= 0.3 is 6.18 Å². The maximum absolute atomic E-state index is 12.8. The van der Waals surface area contributed by atoms with Crippen LogP contribution in [0.3, 0.4) is 0 Å². The molecule has 2 aromatic carbocycles. The second-order valence-corrected chi connectivity index (χ2v) is 6.95. The van der Waals surface area contributed by atoms with E-state index in [9.17, 15) is 22.8 Å². The van der Waals surface area contributed by atoms with E-state index in [2.05, 4.69) is 5.32 Å². The van der Waals surface area contributed by atoms with E-state index in [4.69, 9.17) is 23.2 Å². The third kappa shape index (κ3) is 4.99. The minimum absolute atomic E-state index is 0.0602. The molecule has 0 bridgehead atoms. The van der Waals surface area contributed by atoms with Gasteiger partial charge in [-0.2, -0.15) is 13.2 Å². The normalized spacial score (nSPS) is 11.3. The van der Waals surface area contributed by atoms with Crippen LogP contribution in [0.15, 0.2) is 65.6 Å². The van der Waals surface area contributed by atoms with Gasteiger partial charge in [-0.3, -0.25) is 9.59 Å². The molecule has 1 heterocycles. The molecule has 0 atom stereocenters. The van der Waals surface area contributed by atoms with Crippen molar-refractivity contribution in [3.8, 4) is 0 Å². The molecule has 9 heteroatoms. The molecule has 0 spiro atoms. The Bertz CT molecular complexity index is 1130. The van der Waals surface area contributed by atoms with Gasteiger partial charge in [0.25, 0.3) is 11.5 Å². The first-order valence-corrected chi connectivity index (χ1v) is 9.03. The van der Waals surface area contributed by atoms with Gasteiger partial charge in [-0.05, 0) is 48.0 Å². The summed E-state index contributed by atoms with van der Waals surface area (Å²) in [6, 6.07) is 11.8. The number of halogens is 5. The van der Waals surface area contributed by atoms with Gasteiger partial charge < -0.3 is 9.88 Å². The van der Waals surface area contributed by atoms with Crippen molar-refractivity contribution in [1.82, 2.24) is 4.57 Å². The summed E-state index contributed by atoms with van der Waals surface area (Å²) in [4.78, 5) is 25.0. The predicted octanol–water partition coefficient (Wildman–Crippen LogP) is 5.47. The highest BCUT2D eigenvalue weighted by Gasteiger charge is 2.30. The molecule has 3 rings (SSSR count). The summed E-state index contributed by atoms with van der Waals surface area (Å²) in [5.41, 5.74) is -1.02. The topological polar surface area (TPSA) is 51.1 Å². The van der Waals surface area contributed by atoms with Crippen molar-refractivity contribution in [2.24, 2.45) is 0 Å². The average Bonchev–Trinajstić information content (AvgIpc) is 2.67. The Balaban J connectivity index is 1.83. The second-order valence-electron chi connectivity index (χ2n) is 6.14. The summed E-state index contributed by atoms with van der Waals surface area (Å²) < 4.78 is 39.8. The van der Waals surface area contributed by atoms with E-state index < -0.39 is 23.2 Å². The van der Waals surface area contributed by atoms with E-state index in [1.807, 2.05) is 0 Å². The Morgan fingerprint density at radius 3 is 2.45 bits per heavy atom. The van der Waals surface area contributed by atoms with E-state index in [0.29, 0.717) is 15.6 Å². The van der Waals surface area contributed by atoms with Gasteiger partial charge in [0.2, 0.25) is 0 Å². The molecule has 0 aliphatic rings. The number of pyridine rings is 1. The first-order valence-electron chi connectivity index (χ1n) is 8.27. The number of hydrogen-bond acceptors (Lipinski definition) is 2. The number of hydrogen-bond donors (Lipinski definition) is 1. The third-order valence-electron chi connectivity index (χ3n) is 4.06. The van der Waals surface area contributed by atoms with Crippen LogP contribution in [-0.4, -0.2) is 10.5 Å². The number of carbonyl (C=O) groups is 1. The minimum Gasteiger partial charge on any atom is -0.317 e. The summed E-state index contributed by atoms with van der Waals surface area (Å²) >= 11 is 11.9. The molecule has 0 radical (unpaired) electrons. The molecule has 150 valence electrons. The Morgan fingerprint density at radius 1 is 1.00 bits per heavy atom. The number of benzene rings is 2. The zero-order chi connectivity index (χ0) is 21.2. The average molecular weight is 441 g/mol. The van der Waals surface area contributed by atoms with Crippen molar-refractivity contribution in [2.75, 3.05) is 5.32 Å². The number of anilines is 1. The Labute approximate surface area is 173 Å². The van der Waals surface area contributed by atoms with Crippen molar-refractivity contribution in [3.63, 3.8) is 0 Å². The monoisotopic (exact) mass is 440 g/mol. The number of amides is 1. The van der Waals surface area contributed by atoms with Gasteiger partial charge in [-0.1, -0.05) is 35.3 Å². The molecule has 3 aromatic rings. The van der Waals surface area contributed by atoms with Crippen LogP contribution in [0.1, 0.15) is 21.5 Å².